The molecule has 3 aliphatic rings. The molecule has 9 heteroatoms. The van der Waals surface area contributed by atoms with Crippen LogP contribution in [0.25, 0.3) is 0 Å². The van der Waals surface area contributed by atoms with Crippen molar-refractivity contribution in [2.75, 3.05) is 23.7 Å². The van der Waals surface area contributed by atoms with Gasteiger partial charge in [-0.05, 0) is 62.7 Å². The number of anilines is 3. The number of carbonyl (C=O) groups excluding carboxylic acids is 1. The van der Waals surface area contributed by atoms with Crippen LogP contribution in [0, 0.1) is 11.3 Å². The van der Waals surface area contributed by atoms with Crippen molar-refractivity contribution in [1.29, 1.82) is 0 Å². The van der Waals surface area contributed by atoms with E-state index < -0.39 is 0 Å². The summed E-state index contributed by atoms with van der Waals surface area (Å²) in [6.07, 6.45) is 15.4. The number of rotatable bonds is 6. The summed E-state index contributed by atoms with van der Waals surface area (Å²) in [6, 6.07) is 0.355. The van der Waals surface area contributed by atoms with Crippen LogP contribution >= 0.6 is 11.6 Å². The fourth-order valence-electron chi connectivity index (χ4n) is 5.14. The number of amides is 1. The first kappa shape index (κ1) is 21.5. The van der Waals surface area contributed by atoms with Crippen LogP contribution in [0.1, 0.15) is 57.8 Å². The molecule has 1 amide bonds. The topological polar surface area (TPSA) is 88.0 Å². The van der Waals surface area contributed by atoms with Crippen LogP contribution in [-0.2, 0) is 11.8 Å². The lowest BCUT2D eigenvalue weighted by atomic mass is 9.67. The summed E-state index contributed by atoms with van der Waals surface area (Å²) in [4.78, 5) is 23.4. The number of carbonyl (C=O) groups is 1. The number of aromatic nitrogens is 4. The zero-order valence-corrected chi connectivity index (χ0v) is 19.4. The summed E-state index contributed by atoms with van der Waals surface area (Å²) in [6.45, 7) is 1.87. The summed E-state index contributed by atoms with van der Waals surface area (Å²) in [5.41, 5.74) is 1.24. The van der Waals surface area contributed by atoms with Gasteiger partial charge in [-0.25, -0.2) is 4.98 Å². The molecule has 8 nitrogen and oxygen atoms in total. The molecule has 1 saturated heterocycles. The van der Waals surface area contributed by atoms with Crippen molar-refractivity contribution >= 4 is 35.0 Å². The number of likely N-dealkylation sites (tertiary alicyclic amines) is 1. The van der Waals surface area contributed by atoms with Gasteiger partial charge in [0.05, 0.1) is 18.1 Å². The number of hydrogen-bond acceptors (Lipinski definition) is 6. The normalized spacial score (nSPS) is 21.0. The number of nitrogens with zero attached hydrogens (tertiary/aromatic N) is 5. The Kier molecular flexibility index (Phi) is 5.97. The first-order valence-corrected chi connectivity index (χ1v) is 12.2. The van der Waals surface area contributed by atoms with Gasteiger partial charge in [-0.3, -0.25) is 9.48 Å². The first-order chi connectivity index (χ1) is 15.5. The molecule has 1 spiro atoms. The third kappa shape index (κ3) is 5.00. The van der Waals surface area contributed by atoms with Crippen LogP contribution in [0.4, 0.5) is 17.5 Å². The number of halogens is 1. The van der Waals surface area contributed by atoms with Crippen LogP contribution < -0.4 is 10.6 Å². The second-order valence-corrected chi connectivity index (χ2v) is 10.3. The summed E-state index contributed by atoms with van der Waals surface area (Å²) in [5.74, 6) is 2.23. The van der Waals surface area contributed by atoms with Crippen molar-refractivity contribution in [3.05, 3.63) is 23.6 Å². The molecule has 32 heavy (non-hydrogen) atoms. The van der Waals surface area contributed by atoms with Crippen LogP contribution in [0.3, 0.4) is 0 Å². The Labute approximate surface area is 194 Å². The van der Waals surface area contributed by atoms with E-state index in [2.05, 4.69) is 30.6 Å². The predicted molar refractivity (Wildman–Crippen MR) is 125 cm³/mol. The van der Waals surface area contributed by atoms with E-state index in [0.717, 1.165) is 50.9 Å². The van der Waals surface area contributed by atoms with Gasteiger partial charge in [-0.2, -0.15) is 10.1 Å². The molecule has 0 radical (unpaired) electrons. The minimum Gasteiger partial charge on any atom is -0.366 e. The zero-order chi connectivity index (χ0) is 22.1. The zero-order valence-electron chi connectivity index (χ0n) is 18.7. The molecule has 0 unspecified atom stereocenters. The Morgan fingerprint density at radius 1 is 1.16 bits per heavy atom. The molecule has 1 aliphatic heterocycles. The van der Waals surface area contributed by atoms with Gasteiger partial charge in [-0.1, -0.05) is 11.6 Å². The highest BCUT2D eigenvalue weighted by Crippen LogP contribution is 2.45. The minimum atomic E-state index is 0.355. The standard InChI is InChI=1S/C23H32ClN7O/c1-30-15-18(13-26-30)28-22-25-14-19(24)21(29-22)27-17-4-6-23(7-5-17)8-10-31(11-9-23)20(32)12-16-2-3-16/h13-17H,2-12H2,1H3,(H2,25,27,28,29). The maximum Gasteiger partial charge on any atom is 0.229 e. The molecule has 0 atom stereocenters. The Morgan fingerprint density at radius 3 is 2.56 bits per heavy atom. The van der Waals surface area contributed by atoms with E-state index in [0.29, 0.717) is 40.1 Å². The first-order valence-electron chi connectivity index (χ1n) is 11.8. The monoisotopic (exact) mass is 457 g/mol. The smallest absolute Gasteiger partial charge is 0.229 e. The van der Waals surface area contributed by atoms with Crippen molar-refractivity contribution in [1.82, 2.24) is 24.6 Å². The SMILES string of the molecule is Cn1cc(Nc2ncc(Cl)c(NC3CCC4(CC3)CCN(C(=O)CC3CC3)CC4)n2)cn1. The third-order valence-electron chi connectivity index (χ3n) is 7.43. The summed E-state index contributed by atoms with van der Waals surface area (Å²) < 4.78 is 1.72. The van der Waals surface area contributed by atoms with Crippen molar-refractivity contribution in [2.24, 2.45) is 18.4 Å². The van der Waals surface area contributed by atoms with Crippen LogP contribution in [0.5, 0.6) is 0 Å². The molecule has 172 valence electrons. The molecule has 3 fully saturated rings. The Bertz CT molecular complexity index is 955. The maximum atomic E-state index is 12.4. The third-order valence-corrected chi connectivity index (χ3v) is 7.71. The Morgan fingerprint density at radius 2 is 1.91 bits per heavy atom. The second kappa shape index (κ2) is 8.89. The highest BCUT2D eigenvalue weighted by atomic mass is 35.5. The van der Waals surface area contributed by atoms with E-state index in [9.17, 15) is 4.79 Å². The Hall–Kier alpha value is -2.35. The average Bonchev–Trinajstić information content (AvgIpc) is 3.51. The van der Waals surface area contributed by atoms with E-state index in [4.69, 9.17) is 11.6 Å². The number of hydrogen-bond donors (Lipinski definition) is 2. The lowest BCUT2D eigenvalue weighted by Gasteiger charge is -2.46. The highest BCUT2D eigenvalue weighted by molar-refractivity contribution is 6.32. The van der Waals surface area contributed by atoms with Crippen molar-refractivity contribution in [3.8, 4) is 0 Å². The Balaban J connectivity index is 1.13. The average molecular weight is 458 g/mol. The molecule has 2 aromatic heterocycles. The molecular formula is C23H32ClN7O. The maximum absolute atomic E-state index is 12.4. The number of aryl methyl sites for hydroxylation is 1. The van der Waals surface area contributed by atoms with E-state index in [1.54, 1.807) is 17.1 Å². The molecule has 2 saturated carbocycles. The van der Waals surface area contributed by atoms with Crippen molar-refractivity contribution in [3.63, 3.8) is 0 Å². The number of piperidine rings is 1. The fourth-order valence-corrected chi connectivity index (χ4v) is 5.29. The van der Waals surface area contributed by atoms with Crippen LogP contribution in [0.15, 0.2) is 18.6 Å². The minimum absolute atomic E-state index is 0.355. The van der Waals surface area contributed by atoms with E-state index in [1.807, 2.05) is 13.2 Å². The molecule has 3 heterocycles. The van der Waals surface area contributed by atoms with Crippen LogP contribution in [0.2, 0.25) is 5.02 Å². The molecule has 0 aromatic carbocycles. The van der Waals surface area contributed by atoms with E-state index in [-0.39, 0.29) is 0 Å². The van der Waals surface area contributed by atoms with Crippen molar-refractivity contribution in [2.45, 2.75) is 63.8 Å². The highest BCUT2D eigenvalue weighted by Gasteiger charge is 2.39. The van der Waals surface area contributed by atoms with Crippen LogP contribution in [-0.4, -0.2) is 49.7 Å². The largest absolute Gasteiger partial charge is 0.366 e. The molecule has 2 aliphatic carbocycles. The van der Waals surface area contributed by atoms with Crippen molar-refractivity contribution < 1.29 is 4.79 Å². The number of nitrogens with one attached hydrogen (secondary N) is 2. The van der Waals surface area contributed by atoms with Gasteiger partial charge in [0.25, 0.3) is 0 Å². The summed E-state index contributed by atoms with van der Waals surface area (Å²) in [7, 11) is 1.87. The van der Waals surface area contributed by atoms with E-state index in [1.165, 1.54) is 25.7 Å². The second-order valence-electron chi connectivity index (χ2n) is 9.86. The van der Waals surface area contributed by atoms with E-state index >= 15 is 0 Å². The summed E-state index contributed by atoms with van der Waals surface area (Å²) >= 11 is 6.38. The van der Waals surface area contributed by atoms with Gasteiger partial charge in [0.2, 0.25) is 11.9 Å². The quantitative estimate of drug-likeness (QED) is 0.669. The molecule has 0 bridgehead atoms. The molecule has 2 N–H and O–H groups in total. The van der Waals surface area contributed by atoms with Gasteiger partial charge in [0.15, 0.2) is 5.82 Å². The lowest BCUT2D eigenvalue weighted by molar-refractivity contribution is -0.134. The molecule has 2 aromatic rings. The predicted octanol–water partition coefficient (Wildman–Crippen LogP) is 4.37. The van der Waals surface area contributed by atoms with Gasteiger partial charge in [0.1, 0.15) is 5.02 Å². The fraction of sp³-hybridized carbons (Fsp3) is 0.652. The van der Waals surface area contributed by atoms with Gasteiger partial charge >= 0.3 is 0 Å². The van der Waals surface area contributed by atoms with Gasteiger partial charge in [-0.15, -0.1) is 0 Å². The van der Waals surface area contributed by atoms with Gasteiger partial charge < -0.3 is 15.5 Å². The molecule has 5 rings (SSSR count). The summed E-state index contributed by atoms with van der Waals surface area (Å²) in [5, 5.41) is 11.4. The lowest BCUT2D eigenvalue weighted by Crippen LogP contribution is -2.45. The molecular weight excluding hydrogens is 426 g/mol. The van der Waals surface area contributed by atoms with Gasteiger partial charge in [0, 0.05) is 38.8 Å².